The van der Waals surface area contributed by atoms with E-state index in [-0.39, 0.29) is 11.2 Å². The highest BCUT2D eigenvalue weighted by Crippen LogP contribution is 2.47. The Bertz CT molecular complexity index is 677. The molecule has 108 valence electrons. The minimum absolute atomic E-state index is 0.289. The van der Waals surface area contributed by atoms with Crippen LogP contribution in [-0.4, -0.2) is 11.6 Å². The normalized spacial score (nSPS) is 19.6. The topological polar surface area (TPSA) is 47.2 Å². The van der Waals surface area contributed by atoms with Gasteiger partial charge < -0.3 is 9.73 Å². The summed E-state index contributed by atoms with van der Waals surface area (Å²) in [6, 6.07) is 6.42. The molecule has 0 aliphatic heterocycles. The van der Waals surface area contributed by atoms with Crippen molar-refractivity contribution >= 4 is 11.1 Å². The number of rotatable bonds is 3. The molecule has 1 fully saturated rings. The second-order valence-electron chi connectivity index (χ2n) is 6.24. The third kappa shape index (κ3) is 1.99. The zero-order valence-electron chi connectivity index (χ0n) is 12.4. The summed E-state index contributed by atoms with van der Waals surface area (Å²) in [6.07, 6.45) is 5.10. The maximum absolute atomic E-state index is 11.6. The van der Waals surface area contributed by atoms with E-state index in [0.29, 0.717) is 11.6 Å². The average molecular weight is 274 g/mol. The molecule has 2 aromatic rings. The van der Waals surface area contributed by atoms with Crippen molar-refractivity contribution < 1.29 is 4.42 Å². The molecule has 4 nitrogen and oxygen atoms in total. The first-order valence-electron chi connectivity index (χ1n) is 7.32. The highest BCUT2D eigenvalue weighted by molar-refractivity contribution is 5.73. The molecule has 0 spiro atoms. The van der Waals surface area contributed by atoms with Crippen molar-refractivity contribution in [2.75, 3.05) is 7.05 Å². The van der Waals surface area contributed by atoms with Crippen LogP contribution in [0.4, 0.5) is 0 Å². The number of nitrogens with zero attached hydrogens (tertiary/aromatic N) is 1. The quantitative estimate of drug-likeness (QED) is 0.936. The molecule has 1 atom stereocenters. The van der Waals surface area contributed by atoms with Crippen LogP contribution < -0.4 is 11.1 Å². The zero-order valence-corrected chi connectivity index (χ0v) is 12.4. The van der Waals surface area contributed by atoms with Gasteiger partial charge in [-0.15, -0.1) is 0 Å². The number of nitrogens with one attached hydrogen (secondary N) is 1. The fraction of sp³-hybridized carbons (Fsp3) is 0.562. The molecule has 1 saturated carbocycles. The summed E-state index contributed by atoms with van der Waals surface area (Å²) >= 11 is 0. The van der Waals surface area contributed by atoms with Gasteiger partial charge in [0.15, 0.2) is 5.58 Å². The highest BCUT2D eigenvalue weighted by atomic mass is 16.4. The molecular weight excluding hydrogens is 252 g/mol. The monoisotopic (exact) mass is 274 g/mol. The molecule has 4 heteroatoms. The Kier molecular flexibility index (Phi) is 3.21. The van der Waals surface area contributed by atoms with Crippen molar-refractivity contribution in [3.05, 3.63) is 34.3 Å². The number of hydrogen-bond acceptors (Lipinski definition) is 3. The first-order valence-corrected chi connectivity index (χ1v) is 7.32. The number of fused-ring (bicyclic) bond motifs is 1. The molecular formula is C16H22N2O2. The van der Waals surface area contributed by atoms with E-state index in [9.17, 15) is 4.79 Å². The Hall–Kier alpha value is -1.55. The van der Waals surface area contributed by atoms with Gasteiger partial charge in [-0.3, -0.25) is 4.57 Å². The van der Waals surface area contributed by atoms with Crippen LogP contribution in [0.25, 0.3) is 11.1 Å². The SMILES string of the molecule is CNC(c1ccc2c(c1)oc(=O)n2C)C1(C)CCCC1. The van der Waals surface area contributed by atoms with Crippen LogP contribution in [0.5, 0.6) is 0 Å². The van der Waals surface area contributed by atoms with Crippen LogP contribution in [0.2, 0.25) is 0 Å². The lowest BCUT2D eigenvalue weighted by Crippen LogP contribution is -2.32. The number of benzene rings is 1. The molecule has 3 rings (SSSR count). The standard InChI is InChI=1S/C16H22N2O2/c1-16(8-4-5-9-16)14(17-2)11-6-7-12-13(10-11)20-15(19)18(12)3/h6-7,10,14,17H,4-5,8-9H2,1-3H3. The molecule has 0 radical (unpaired) electrons. The van der Waals surface area contributed by atoms with Gasteiger partial charge in [0.25, 0.3) is 0 Å². The van der Waals surface area contributed by atoms with E-state index in [0.717, 1.165) is 5.52 Å². The third-order valence-electron chi connectivity index (χ3n) is 4.88. The highest BCUT2D eigenvalue weighted by Gasteiger charge is 2.37. The average Bonchev–Trinajstić information content (AvgIpc) is 2.97. The minimum atomic E-state index is -0.301. The van der Waals surface area contributed by atoms with Crippen molar-refractivity contribution in [1.82, 2.24) is 9.88 Å². The lowest BCUT2D eigenvalue weighted by Gasteiger charge is -2.34. The fourth-order valence-electron chi connectivity index (χ4n) is 3.72. The molecule has 1 N–H and O–H groups in total. The number of oxazole rings is 1. The molecule has 0 amide bonds. The van der Waals surface area contributed by atoms with Crippen LogP contribution in [0.1, 0.15) is 44.2 Å². The Balaban J connectivity index is 2.06. The van der Waals surface area contributed by atoms with Crippen LogP contribution in [0.3, 0.4) is 0 Å². The Labute approximate surface area is 118 Å². The lowest BCUT2D eigenvalue weighted by molar-refractivity contribution is 0.234. The summed E-state index contributed by atoms with van der Waals surface area (Å²) in [5, 5.41) is 3.46. The number of aromatic nitrogens is 1. The molecule has 1 aliphatic carbocycles. The van der Waals surface area contributed by atoms with Crippen LogP contribution >= 0.6 is 0 Å². The summed E-state index contributed by atoms with van der Waals surface area (Å²) < 4.78 is 6.86. The molecule has 1 aromatic heterocycles. The second-order valence-corrected chi connectivity index (χ2v) is 6.24. The van der Waals surface area contributed by atoms with Gasteiger partial charge in [-0.05, 0) is 43.0 Å². The fourth-order valence-corrected chi connectivity index (χ4v) is 3.72. The maximum atomic E-state index is 11.6. The van der Waals surface area contributed by atoms with Crippen molar-refractivity contribution in [2.24, 2.45) is 12.5 Å². The Morgan fingerprint density at radius 2 is 2.05 bits per heavy atom. The summed E-state index contributed by atoms with van der Waals surface area (Å²) in [6.45, 7) is 2.35. The molecule has 0 bridgehead atoms. The third-order valence-corrected chi connectivity index (χ3v) is 4.88. The van der Waals surface area contributed by atoms with Crippen molar-refractivity contribution in [1.29, 1.82) is 0 Å². The smallest absolute Gasteiger partial charge is 0.408 e. The molecule has 1 aromatic carbocycles. The van der Waals surface area contributed by atoms with Gasteiger partial charge in [0.05, 0.1) is 5.52 Å². The molecule has 1 aliphatic rings. The van der Waals surface area contributed by atoms with E-state index in [2.05, 4.69) is 18.3 Å². The predicted molar refractivity (Wildman–Crippen MR) is 79.8 cm³/mol. The van der Waals surface area contributed by atoms with E-state index >= 15 is 0 Å². The van der Waals surface area contributed by atoms with E-state index in [4.69, 9.17) is 4.42 Å². The number of hydrogen-bond donors (Lipinski definition) is 1. The second kappa shape index (κ2) is 4.77. The van der Waals surface area contributed by atoms with Crippen LogP contribution in [-0.2, 0) is 7.05 Å². The molecule has 1 heterocycles. The van der Waals surface area contributed by atoms with E-state index in [1.54, 1.807) is 11.6 Å². The predicted octanol–water partition coefficient (Wildman–Crippen LogP) is 2.97. The molecule has 0 saturated heterocycles. The number of aryl methyl sites for hydroxylation is 1. The molecule has 1 unspecified atom stereocenters. The first-order chi connectivity index (χ1) is 9.55. The minimum Gasteiger partial charge on any atom is -0.408 e. The lowest BCUT2D eigenvalue weighted by atomic mass is 9.77. The molecule has 20 heavy (non-hydrogen) atoms. The Morgan fingerprint density at radius 1 is 1.35 bits per heavy atom. The van der Waals surface area contributed by atoms with E-state index in [1.165, 1.54) is 31.2 Å². The zero-order chi connectivity index (χ0) is 14.3. The summed E-state index contributed by atoms with van der Waals surface area (Å²) in [5.74, 6) is -0.301. The van der Waals surface area contributed by atoms with Gasteiger partial charge >= 0.3 is 5.76 Å². The van der Waals surface area contributed by atoms with Gasteiger partial charge in [-0.25, -0.2) is 4.79 Å². The van der Waals surface area contributed by atoms with E-state index < -0.39 is 0 Å². The van der Waals surface area contributed by atoms with Gasteiger partial charge in [0.1, 0.15) is 0 Å². The van der Waals surface area contributed by atoms with Gasteiger partial charge in [0, 0.05) is 13.1 Å². The van der Waals surface area contributed by atoms with E-state index in [1.807, 2.05) is 19.2 Å². The van der Waals surface area contributed by atoms with Crippen molar-refractivity contribution in [3.63, 3.8) is 0 Å². The van der Waals surface area contributed by atoms with Crippen LogP contribution in [0, 0.1) is 5.41 Å². The van der Waals surface area contributed by atoms with Crippen molar-refractivity contribution in [3.8, 4) is 0 Å². The van der Waals surface area contributed by atoms with Crippen LogP contribution in [0.15, 0.2) is 27.4 Å². The summed E-state index contributed by atoms with van der Waals surface area (Å²) in [5.41, 5.74) is 3.03. The van der Waals surface area contributed by atoms with Gasteiger partial charge in [-0.1, -0.05) is 25.8 Å². The van der Waals surface area contributed by atoms with Gasteiger partial charge in [-0.2, -0.15) is 0 Å². The summed E-state index contributed by atoms with van der Waals surface area (Å²) in [7, 11) is 3.75. The summed E-state index contributed by atoms with van der Waals surface area (Å²) in [4.78, 5) is 11.6. The van der Waals surface area contributed by atoms with Gasteiger partial charge in [0.2, 0.25) is 0 Å². The maximum Gasteiger partial charge on any atom is 0.419 e. The first kappa shape index (κ1) is 13.4. The largest absolute Gasteiger partial charge is 0.419 e. The van der Waals surface area contributed by atoms with Crippen molar-refractivity contribution in [2.45, 2.75) is 38.6 Å². The Morgan fingerprint density at radius 3 is 2.70 bits per heavy atom.